The Morgan fingerprint density at radius 3 is 2.45 bits per heavy atom. The minimum Gasteiger partial charge on any atom is -0.489 e. The highest BCUT2D eigenvalue weighted by Crippen LogP contribution is 2.38. The van der Waals surface area contributed by atoms with Crippen LogP contribution in [0.2, 0.25) is 0 Å². The first kappa shape index (κ1) is 13.7. The Morgan fingerprint density at radius 1 is 1.10 bits per heavy atom. The van der Waals surface area contributed by atoms with E-state index < -0.39 is 0 Å². The molecule has 0 saturated carbocycles. The Labute approximate surface area is 121 Å². The summed E-state index contributed by atoms with van der Waals surface area (Å²) in [4.78, 5) is 0. The van der Waals surface area contributed by atoms with Crippen molar-refractivity contribution in [2.75, 3.05) is 19.8 Å². The third-order valence-electron chi connectivity index (χ3n) is 4.25. The first-order valence-corrected chi connectivity index (χ1v) is 7.69. The summed E-state index contributed by atoms with van der Waals surface area (Å²) in [5.74, 6) is 1.80. The molecule has 20 heavy (non-hydrogen) atoms. The van der Waals surface area contributed by atoms with E-state index >= 15 is 0 Å². The molecule has 1 aromatic carbocycles. The van der Waals surface area contributed by atoms with E-state index in [1.54, 1.807) is 0 Å². The van der Waals surface area contributed by atoms with Gasteiger partial charge in [0.25, 0.3) is 0 Å². The molecule has 1 saturated heterocycles. The molecule has 2 aliphatic rings. The molecule has 110 valence electrons. The van der Waals surface area contributed by atoms with E-state index in [1.165, 1.54) is 30.4 Å². The lowest BCUT2D eigenvalue weighted by atomic mass is 9.94. The van der Waals surface area contributed by atoms with Gasteiger partial charge < -0.3 is 14.8 Å². The summed E-state index contributed by atoms with van der Waals surface area (Å²) >= 11 is 0. The predicted molar refractivity (Wildman–Crippen MR) is 80.5 cm³/mol. The molecule has 1 aromatic rings. The summed E-state index contributed by atoms with van der Waals surface area (Å²) in [5, 5.41) is 3.62. The molecule has 0 radical (unpaired) electrons. The molecule has 0 aliphatic carbocycles. The summed E-state index contributed by atoms with van der Waals surface area (Å²) < 4.78 is 11.9. The Morgan fingerprint density at radius 2 is 1.80 bits per heavy atom. The lowest BCUT2D eigenvalue weighted by molar-refractivity contribution is 0.140. The standard InChI is InChI=1S/C17H25NO2/c1-12-8-15-16(20-11-17(2,3)10-19-15)9-13(12)14-6-4-5-7-18-14/h8-9,14,18H,4-7,10-11H2,1-3H3. The minimum atomic E-state index is 0.0657. The van der Waals surface area contributed by atoms with Crippen molar-refractivity contribution in [1.29, 1.82) is 0 Å². The van der Waals surface area contributed by atoms with Crippen LogP contribution in [0.15, 0.2) is 12.1 Å². The minimum absolute atomic E-state index is 0.0657. The van der Waals surface area contributed by atoms with E-state index in [-0.39, 0.29) is 5.41 Å². The van der Waals surface area contributed by atoms with Crippen LogP contribution in [0.5, 0.6) is 11.5 Å². The van der Waals surface area contributed by atoms with Crippen molar-refractivity contribution >= 4 is 0 Å². The largest absolute Gasteiger partial charge is 0.489 e. The zero-order chi connectivity index (χ0) is 14.2. The number of nitrogens with one attached hydrogen (secondary N) is 1. The fraction of sp³-hybridized carbons (Fsp3) is 0.647. The van der Waals surface area contributed by atoms with Crippen LogP contribution in [0.4, 0.5) is 0 Å². The van der Waals surface area contributed by atoms with Gasteiger partial charge in [-0.25, -0.2) is 0 Å². The van der Waals surface area contributed by atoms with E-state index in [0.717, 1.165) is 18.0 Å². The lowest BCUT2D eigenvalue weighted by Crippen LogP contribution is -2.27. The molecule has 1 atom stereocenters. The van der Waals surface area contributed by atoms with E-state index in [1.807, 2.05) is 0 Å². The molecule has 0 amide bonds. The van der Waals surface area contributed by atoms with Gasteiger partial charge in [0.05, 0.1) is 13.2 Å². The number of aryl methyl sites for hydroxylation is 1. The van der Waals surface area contributed by atoms with Crippen LogP contribution in [0, 0.1) is 12.3 Å². The average Bonchev–Trinajstić information content (AvgIpc) is 2.58. The van der Waals surface area contributed by atoms with Gasteiger partial charge in [-0.1, -0.05) is 20.3 Å². The molecule has 3 nitrogen and oxygen atoms in total. The smallest absolute Gasteiger partial charge is 0.161 e. The van der Waals surface area contributed by atoms with Gasteiger partial charge in [0.1, 0.15) is 0 Å². The lowest BCUT2D eigenvalue weighted by Gasteiger charge is -2.26. The maximum Gasteiger partial charge on any atom is 0.161 e. The van der Waals surface area contributed by atoms with E-state index in [2.05, 4.69) is 38.2 Å². The van der Waals surface area contributed by atoms with Crippen LogP contribution in [-0.2, 0) is 0 Å². The third kappa shape index (κ3) is 2.78. The Hall–Kier alpha value is -1.22. The van der Waals surface area contributed by atoms with Gasteiger partial charge >= 0.3 is 0 Å². The molecule has 0 bridgehead atoms. The molecule has 0 aromatic heterocycles. The number of piperidine rings is 1. The maximum absolute atomic E-state index is 6.00. The van der Waals surface area contributed by atoms with E-state index in [9.17, 15) is 0 Å². The Balaban J connectivity index is 1.89. The number of rotatable bonds is 1. The normalized spacial score (nSPS) is 25.1. The van der Waals surface area contributed by atoms with Crippen molar-refractivity contribution in [2.24, 2.45) is 5.41 Å². The number of benzene rings is 1. The molecule has 2 aliphatic heterocycles. The molecular formula is C17H25NO2. The molecule has 1 unspecified atom stereocenters. The van der Waals surface area contributed by atoms with Crippen molar-refractivity contribution < 1.29 is 9.47 Å². The van der Waals surface area contributed by atoms with Crippen molar-refractivity contribution in [3.8, 4) is 11.5 Å². The summed E-state index contributed by atoms with van der Waals surface area (Å²) in [6.45, 7) is 9.06. The molecule has 2 heterocycles. The first-order valence-electron chi connectivity index (χ1n) is 7.69. The molecule has 3 rings (SSSR count). The summed E-state index contributed by atoms with van der Waals surface area (Å²) in [5.41, 5.74) is 2.73. The molecular weight excluding hydrogens is 250 g/mol. The van der Waals surface area contributed by atoms with Crippen LogP contribution >= 0.6 is 0 Å². The van der Waals surface area contributed by atoms with Crippen LogP contribution < -0.4 is 14.8 Å². The van der Waals surface area contributed by atoms with Crippen LogP contribution in [0.1, 0.15) is 50.3 Å². The van der Waals surface area contributed by atoms with Crippen LogP contribution in [-0.4, -0.2) is 19.8 Å². The summed E-state index contributed by atoms with van der Waals surface area (Å²) in [6, 6.07) is 4.80. The number of ether oxygens (including phenoxy) is 2. The van der Waals surface area contributed by atoms with Crippen LogP contribution in [0.25, 0.3) is 0 Å². The number of hydrogen-bond acceptors (Lipinski definition) is 3. The highest BCUT2D eigenvalue weighted by Gasteiger charge is 2.27. The summed E-state index contributed by atoms with van der Waals surface area (Å²) in [6.07, 6.45) is 3.80. The highest BCUT2D eigenvalue weighted by atomic mass is 16.5. The van der Waals surface area contributed by atoms with Gasteiger partial charge in [0, 0.05) is 11.5 Å². The van der Waals surface area contributed by atoms with E-state index in [4.69, 9.17) is 9.47 Å². The van der Waals surface area contributed by atoms with Gasteiger partial charge in [-0.15, -0.1) is 0 Å². The maximum atomic E-state index is 6.00. The third-order valence-corrected chi connectivity index (χ3v) is 4.25. The second kappa shape index (κ2) is 5.28. The number of hydrogen-bond donors (Lipinski definition) is 1. The van der Waals surface area contributed by atoms with Crippen molar-refractivity contribution in [1.82, 2.24) is 5.32 Å². The average molecular weight is 275 g/mol. The first-order chi connectivity index (χ1) is 9.55. The van der Waals surface area contributed by atoms with E-state index in [0.29, 0.717) is 19.3 Å². The molecule has 1 fully saturated rings. The monoisotopic (exact) mass is 275 g/mol. The molecule has 1 N–H and O–H groups in total. The zero-order valence-electron chi connectivity index (χ0n) is 12.8. The van der Waals surface area contributed by atoms with Crippen molar-refractivity contribution in [3.63, 3.8) is 0 Å². The number of fused-ring (bicyclic) bond motifs is 1. The predicted octanol–water partition coefficient (Wildman–Crippen LogP) is 3.61. The Kier molecular flexibility index (Phi) is 3.63. The van der Waals surface area contributed by atoms with Gasteiger partial charge in [-0.2, -0.15) is 0 Å². The van der Waals surface area contributed by atoms with Crippen molar-refractivity contribution in [2.45, 2.75) is 46.1 Å². The van der Waals surface area contributed by atoms with Gasteiger partial charge in [0.2, 0.25) is 0 Å². The van der Waals surface area contributed by atoms with Gasteiger partial charge in [-0.3, -0.25) is 0 Å². The van der Waals surface area contributed by atoms with Crippen LogP contribution in [0.3, 0.4) is 0 Å². The van der Waals surface area contributed by atoms with Gasteiger partial charge in [-0.05, 0) is 49.6 Å². The second-order valence-electron chi connectivity index (χ2n) is 6.90. The summed E-state index contributed by atoms with van der Waals surface area (Å²) in [7, 11) is 0. The van der Waals surface area contributed by atoms with Crippen molar-refractivity contribution in [3.05, 3.63) is 23.3 Å². The van der Waals surface area contributed by atoms with Gasteiger partial charge in [0.15, 0.2) is 11.5 Å². The fourth-order valence-corrected chi connectivity index (χ4v) is 2.98. The molecule has 0 spiro atoms. The quantitative estimate of drug-likeness (QED) is 0.849. The Bertz CT molecular complexity index is 490. The zero-order valence-corrected chi connectivity index (χ0v) is 12.8. The second-order valence-corrected chi connectivity index (χ2v) is 6.90. The topological polar surface area (TPSA) is 30.5 Å². The highest BCUT2D eigenvalue weighted by molar-refractivity contribution is 5.48. The molecule has 3 heteroatoms. The fourth-order valence-electron chi connectivity index (χ4n) is 2.98. The SMILES string of the molecule is Cc1cc2c(cc1C1CCCCN1)OCC(C)(C)CO2.